The molecule has 4 heterocycles. The second-order valence-corrected chi connectivity index (χ2v) is 7.96. The minimum atomic E-state index is 0.358. The molecule has 0 aliphatic carbocycles. The lowest BCUT2D eigenvalue weighted by molar-refractivity contribution is 0.843. The molecule has 0 aromatic carbocycles. The summed E-state index contributed by atoms with van der Waals surface area (Å²) in [5.74, 6) is 1.66. The van der Waals surface area contributed by atoms with Crippen molar-refractivity contribution in [3.63, 3.8) is 0 Å². The number of allylic oxidation sites excluding steroid dienone is 1. The minimum Gasteiger partial charge on any atom is -0.398 e. The summed E-state index contributed by atoms with van der Waals surface area (Å²) < 4.78 is 0. The average Bonchev–Trinajstić information content (AvgIpc) is 2.82. The standard InChI is InChI=1S/C25H26N8/c1-15(2)17-11-24(33-30-13-17)32-23-8-7-21-22(31-23)10-18(12-29-21)20(14-27-4)25(26)19-6-5-9-28-16(19)3/h5-15H,26H2,1-4H3,(H,31,32,33). The van der Waals surface area contributed by atoms with Crippen LogP contribution in [0.5, 0.6) is 0 Å². The van der Waals surface area contributed by atoms with Gasteiger partial charge in [-0.25, -0.2) is 4.98 Å². The summed E-state index contributed by atoms with van der Waals surface area (Å²) in [6, 6.07) is 11.5. The molecule has 0 aliphatic heterocycles. The molecular weight excluding hydrogens is 412 g/mol. The van der Waals surface area contributed by atoms with Gasteiger partial charge in [0, 0.05) is 48.0 Å². The first-order valence-corrected chi connectivity index (χ1v) is 10.7. The Kier molecular flexibility index (Phi) is 6.35. The Hall–Kier alpha value is -4.20. The quantitative estimate of drug-likeness (QED) is 0.425. The summed E-state index contributed by atoms with van der Waals surface area (Å²) in [5.41, 5.74) is 13.0. The highest BCUT2D eigenvalue weighted by Gasteiger charge is 2.12. The van der Waals surface area contributed by atoms with Gasteiger partial charge in [-0.05, 0) is 54.8 Å². The van der Waals surface area contributed by atoms with Gasteiger partial charge < -0.3 is 11.1 Å². The first kappa shape index (κ1) is 22.0. The van der Waals surface area contributed by atoms with E-state index >= 15 is 0 Å². The lowest BCUT2D eigenvalue weighted by atomic mass is 10.0. The molecule has 0 fully saturated rings. The van der Waals surface area contributed by atoms with Gasteiger partial charge in [0.25, 0.3) is 0 Å². The molecule has 4 aromatic rings. The van der Waals surface area contributed by atoms with Crippen molar-refractivity contribution < 1.29 is 0 Å². The van der Waals surface area contributed by atoms with Crippen molar-refractivity contribution in [3.8, 4) is 0 Å². The van der Waals surface area contributed by atoms with E-state index in [1.54, 1.807) is 31.9 Å². The number of anilines is 2. The third kappa shape index (κ3) is 4.85. The highest BCUT2D eigenvalue weighted by Crippen LogP contribution is 2.25. The summed E-state index contributed by atoms with van der Waals surface area (Å²) in [5, 5.41) is 11.5. The third-order valence-corrected chi connectivity index (χ3v) is 5.29. The van der Waals surface area contributed by atoms with Crippen LogP contribution in [-0.2, 0) is 0 Å². The van der Waals surface area contributed by atoms with Crippen molar-refractivity contribution in [1.29, 1.82) is 0 Å². The van der Waals surface area contributed by atoms with Crippen LogP contribution in [0.3, 0.4) is 0 Å². The Morgan fingerprint density at radius 3 is 2.67 bits per heavy atom. The van der Waals surface area contributed by atoms with E-state index in [2.05, 4.69) is 44.3 Å². The van der Waals surface area contributed by atoms with Crippen molar-refractivity contribution in [2.45, 2.75) is 26.7 Å². The average molecular weight is 439 g/mol. The number of nitrogens with two attached hydrogens (primary N) is 1. The van der Waals surface area contributed by atoms with Gasteiger partial charge in [-0.1, -0.05) is 13.8 Å². The van der Waals surface area contributed by atoms with E-state index in [4.69, 9.17) is 10.7 Å². The van der Waals surface area contributed by atoms with Crippen molar-refractivity contribution in [2.75, 3.05) is 12.4 Å². The van der Waals surface area contributed by atoms with Crippen LogP contribution in [0.2, 0.25) is 0 Å². The Bertz CT molecular complexity index is 1360. The van der Waals surface area contributed by atoms with Gasteiger partial charge in [0.15, 0.2) is 5.82 Å². The van der Waals surface area contributed by atoms with Gasteiger partial charge in [-0.2, -0.15) is 5.10 Å². The van der Waals surface area contributed by atoms with Crippen molar-refractivity contribution in [2.24, 2.45) is 10.7 Å². The van der Waals surface area contributed by atoms with Gasteiger partial charge in [0.2, 0.25) is 0 Å². The fourth-order valence-corrected chi connectivity index (χ4v) is 3.46. The number of rotatable bonds is 6. The van der Waals surface area contributed by atoms with Gasteiger partial charge in [0.05, 0.1) is 22.9 Å². The van der Waals surface area contributed by atoms with E-state index in [9.17, 15) is 0 Å². The lowest BCUT2D eigenvalue weighted by Crippen LogP contribution is -2.06. The lowest BCUT2D eigenvalue weighted by Gasteiger charge is -2.12. The zero-order valence-corrected chi connectivity index (χ0v) is 19.1. The Labute approximate surface area is 192 Å². The number of aliphatic imine (C=N–C) groups is 1. The Morgan fingerprint density at radius 1 is 1.06 bits per heavy atom. The number of aromatic nitrogens is 5. The van der Waals surface area contributed by atoms with Crippen LogP contribution in [0.25, 0.3) is 22.3 Å². The first-order valence-electron chi connectivity index (χ1n) is 10.7. The molecule has 0 atom stereocenters. The molecule has 8 nitrogen and oxygen atoms in total. The number of pyridine rings is 3. The summed E-state index contributed by atoms with van der Waals surface area (Å²) in [7, 11) is 1.71. The molecule has 4 aromatic heterocycles. The van der Waals surface area contributed by atoms with Crippen LogP contribution in [0, 0.1) is 6.92 Å². The summed E-state index contributed by atoms with van der Waals surface area (Å²) in [6.45, 7) is 6.16. The van der Waals surface area contributed by atoms with Crippen molar-refractivity contribution in [1.82, 2.24) is 25.1 Å². The van der Waals surface area contributed by atoms with E-state index in [0.717, 1.165) is 39.0 Å². The third-order valence-electron chi connectivity index (χ3n) is 5.29. The van der Waals surface area contributed by atoms with E-state index in [1.165, 1.54) is 0 Å². The van der Waals surface area contributed by atoms with Crippen LogP contribution in [0.1, 0.15) is 42.1 Å². The molecule has 33 heavy (non-hydrogen) atoms. The van der Waals surface area contributed by atoms with Crippen LogP contribution in [0.4, 0.5) is 11.6 Å². The molecule has 0 saturated heterocycles. The van der Waals surface area contributed by atoms with Crippen LogP contribution >= 0.6 is 0 Å². The predicted octanol–water partition coefficient (Wildman–Crippen LogP) is 4.52. The SMILES string of the molecule is CN=CC(=C(N)c1cccnc1C)c1cnc2ccc(Nc3cc(C(C)C)cnn3)nc2c1. The zero-order valence-electron chi connectivity index (χ0n) is 19.1. The molecule has 3 N–H and O–H groups in total. The summed E-state index contributed by atoms with van der Waals surface area (Å²) in [4.78, 5) is 17.9. The molecule has 166 valence electrons. The minimum absolute atomic E-state index is 0.358. The van der Waals surface area contributed by atoms with Gasteiger partial charge in [-0.15, -0.1) is 5.10 Å². The smallest absolute Gasteiger partial charge is 0.154 e. The van der Waals surface area contributed by atoms with Gasteiger partial charge in [-0.3, -0.25) is 15.0 Å². The molecule has 8 heteroatoms. The largest absolute Gasteiger partial charge is 0.398 e. The Morgan fingerprint density at radius 2 is 1.91 bits per heavy atom. The van der Waals surface area contributed by atoms with E-state index < -0.39 is 0 Å². The van der Waals surface area contributed by atoms with Gasteiger partial charge in [0.1, 0.15) is 5.82 Å². The second-order valence-electron chi connectivity index (χ2n) is 7.96. The van der Waals surface area contributed by atoms with Crippen molar-refractivity contribution in [3.05, 3.63) is 77.4 Å². The van der Waals surface area contributed by atoms with Gasteiger partial charge >= 0.3 is 0 Å². The topological polar surface area (TPSA) is 115 Å². The molecule has 0 amide bonds. The maximum Gasteiger partial charge on any atom is 0.154 e. The van der Waals surface area contributed by atoms with Crippen LogP contribution in [0.15, 0.2) is 60.0 Å². The molecule has 0 aliphatic rings. The van der Waals surface area contributed by atoms with E-state index in [1.807, 2.05) is 43.3 Å². The fraction of sp³-hybridized carbons (Fsp3) is 0.200. The molecule has 0 saturated carbocycles. The highest BCUT2D eigenvalue weighted by atomic mass is 15.2. The number of hydrogen-bond donors (Lipinski definition) is 2. The van der Waals surface area contributed by atoms with E-state index in [-0.39, 0.29) is 0 Å². The summed E-state index contributed by atoms with van der Waals surface area (Å²) in [6.07, 6.45) is 7.04. The zero-order chi connectivity index (χ0) is 23.4. The normalized spacial score (nSPS) is 12.4. The number of nitrogens with one attached hydrogen (secondary N) is 1. The predicted molar refractivity (Wildman–Crippen MR) is 133 cm³/mol. The molecule has 4 rings (SSSR count). The molecule has 0 spiro atoms. The number of aryl methyl sites for hydroxylation is 1. The van der Waals surface area contributed by atoms with Crippen molar-refractivity contribution >= 4 is 40.2 Å². The number of fused-ring (bicyclic) bond motifs is 1. The maximum atomic E-state index is 6.55. The number of nitrogens with zero attached hydrogens (tertiary/aromatic N) is 6. The molecule has 0 radical (unpaired) electrons. The summed E-state index contributed by atoms with van der Waals surface area (Å²) >= 11 is 0. The van der Waals surface area contributed by atoms with E-state index in [0.29, 0.717) is 23.3 Å². The highest BCUT2D eigenvalue weighted by molar-refractivity contribution is 6.19. The van der Waals surface area contributed by atoms with Crippen LogP contribution in [-0.4, -0.2) is 38.4 Å². The first-order chi connectivity index (χ1) is 16.0. The Balaban J connectivity index is 1.74. The fourth-order valence-electron chi connectivity index (χ4n) is 3.46. The monoisotopic (exact) mass is 438 g/mol. The van der Waals surface area contributed by atoms with Crippen LogP contribution < -0.4 is 11.1 Å². The maximum absolute atomic E-state index is 6.55. The second kappa shape index (κ2) is 9.52. The number of hydrogen-bond acceptors (Lipinski definition) is 8. The molecule has 0 bridgehead atoms. The molecular formula is C25H26N8. The molecule has 0 unspecified atom stereocenters.